The standard InChI is InChI=1S/C19H23N3O2/c1-14(2)12-20-18(23)16-10-7-11-17(21-16)19(24)22(3)13-15-8-5-4-6-9-15/h4-11,14H,12-13H2,1-3H3,(H,20,23). The van der Waals surface area contributed by atoms with E-state index in [2.05, 4.69) is 10.3 Å². The van der Waals surface area contributed by atoms with E-state index in [0.717, 1.165) is 5.56 Å². The van der Waals surface area contributed by atoms with Crippen molar-refractivity contribution in [2.75, 3.05) is 13.6 Å². The topological polar surface area (TPSA) is 62.3 Å². The lowest BCUT2D eigenvalue weighted by molar-refractivity contribution is 0.0779. The minimum atomic E-state index is -0.260. The fraction of sp³-hybridized carbons (Fsp3) is 0.316. The van der Waals surface area contributed by atoms with E-state index in [0.29, 0.717) is 19.0 Å². The Labute approximate surface area is 142 Å². The molecule has 1 heterocycles. The van der Waals surface area contributed by atoms with Gasteiger partial charge in [-0.25, -0.2) is 4.98 Å². The first-order chi connectivity index (χ1) is 11.5. The number of hydrogen-bond donors (Lipinski definition) is 1. The van der Waals surface area contributed by atoms with E-state index in [1.54, 1.807) is 30.1 Å². The van der Waals surface area contributed by atoms with Crippen LogP contribution >= 0.6 is 0 Å². The summed E-state index contributed by atoms with van der Waals surface area (Å²) in [7, 11) is 1.72. The lowest BCUT2D eigenvalue weighted by atomic mass is 10.2. The van der Waals surface area contributed by atoms with Crippen molar-refractivity contribution in [3.8, 4) is 0 Å². The van der Waals surface area contributed by atoms with Crippen molar-refractivity contribution in [3.05, 3.63) is 65.5 Å². The van der Waals surface area contributed by atoms with Gasteiger partial charge in [0.05, 0.1) is 0 Å². The van der Waals surface area contributed by atoms with E-state index >= 15 is 0 Å². The second kappa shape index (κ2) is 8.24. The Morgan fingerprint density at radius 2 is 1.71 bits per heavy atom. The molecule has 0 aliphatic carbocycles. The molecule has 2 amide bonds. The van der Waals surface area contributed by atoms with Crippen molar-refractivity contribution in [3.63, 3.8) is 0 Å². The van der Waals surface area contributed by atoms with Crippen LogP contribution in [0.25, 0.3) is 0 Å². The summed E-state index contributed by atoms with van der Waals surface area (Å²) in [6, 6.07) is 14.7. The van der Waals surface area contributed by atoms with Crippen molar-refractivity contribution in [2.24, 2.45) is 5.92 Å². The third-order valence-electron chi connectivity index (χ3n) is 3.48. The SMILES string of the molecule is CC(C)CNC(=O)c1cccc(C(=O)N(C)Cc2ccccc2)n1. The van der Waals surface area contributed by atoms with Crippen LogP contribution in [0.4, 0.5) is 0 Å². The molecule has 5 nitrogen and oxygen atoms in total. The van der Waals surface area contributed by atoms with Crippen molar-refractivity contribution >= 4 is 11.8 Å². The maximum atomic E-state index is 12.5. The molecule has 126 valence electrons. The number of benzene rings is 1. The zero-order valence-corrected chi connectivity index (χ0v) is 14.3. The maximum Gasteiger partial charge on any atom is 0.272 e. The molecule has 0 bridgehead atoms. The highest BCUT2D eigenvalue weighted by Gasteiger charge is 2.16. The van der Waals surface area contributed by atoms with Gasteiger partial charge in [0.2, 0.25) is 0 Å². The van der Waals surface area contributed by atoms with Crippen LogP contribution in [-0.4, -0.2) is 35.3 Å². The van der Waals surface area contributed by atoms with Crippen molar-refractivity contribution in [1.29, 1.82) is 0 Å². The monoisotopic (exact) mass is 325 g/mol. The molecular formula is C19H23N3O2. The predicted molar refractivity (Wildman–Crippen MR) is 93.6 cm³/mol. The van der Waals surface area contributed by atoms with Gasteiger partial charge in [0.1, 0.15) is 11.4 Å². The predicted octanol–water partition coefficient (Wildman–Crippen LogP) is 2.74. The number of nitrogens with zero attached hydrogens (tertiary/aromatic N) is 2. The highest BCUT2D eigenvalue weighted by atomic mass is 16.2. The van der Waals surface area contributed by atoms with Gasteiger partial charge in [0, 0.05) is 20.1 Å². The van der Waals surface area contributed by atoms with E-state index in [-0.39, 0.29) is 23.2 Å². The minimum absolute atomic E-state index is 0.211. The normalized spacial score (nSPS) is 10.5. The number of aromatic nitrogens is 1. The van der Waals surface area contributed by atoms with Crippen LogP contribution in [0.2, 0.25) is 0 Å². The molecule has 2 aromatic rings. The molecule has 0 saturated carbocycles. The van der Waals surface area contributed by atoms with Gasteiger partial charge in [-0.05, 0) is 23.6 Å². The largest absolute Gasteiger partial charge is 0.350 e. The first kappa shape index (κ1) is 17.7. The van der Waals surface area contributed by atoms with Crippen LogP contribution < -0.4 is 5.32 Å². The molecule has 24 heavy (non-hydrogen) atoms. The van der Waals surface area contributed by atoms with Crippen molar-refractivity contribution in [1.82, 2.24) is 15.2 Å². The highest BCUT2D eigenvalue weighted by Crippen LogP contribution is 2.08. The van der Waals surface area contributed by atoms with Crippen molar-refractivity contribution < 1.29 is 9.59 Å². The number of hydrogen-bond acceptors (Lipinski definition) is 3. The molecule has 0 aliphatic heterocycles. The van der Waals surface area contributed by atoms with Crippen LogP contribution in [0.5, 0.6) is 0 Å². The fourth-order valence-corrected chi connectivity index (χ4v) is 2.19. The van der Waals surface area contributed by atoms with Crippen molar-refractivity contribution in [2.45, 2.75) is 20.4 Å². The van der Waals surface area contributed by atoms with Gasteiger partial charge in [-0.2, -0.15) is 0 Å². The van der Waals surface area contributed by atoms with Gasteiger partial charge in [-0.3, -0.25) is 9.59 Å². The van der Waals surface area contributed by atoms with E-state index < -0.39 is 0 Å². The second-order valence-corrected chi connectivity index (χ2v) is 6.16. The summed E-state index contributed by atoms with van der Waals surface area (Å²) < 4.78 is 0. The molecule has 0 radical (unpaired) electrons. The Morgan fingerprint density at radius 3 is 2.38 bits per heavy atom. The maximum absolute atomic E-state index is 12.5. The Bertz CT molecular complexity index is 699. The first-order valence-electron chi connectivity index (χ1n) is 8.02. The van der Waals surface area contributed by atoms with Crippen LogP contribution in [0.15, 0.2) is 48.5 Å². The molecule has 0 atom stereocenters. The van der Waals surface area contributed by atoms with Crippen LogP contribution in [0, 0.1) is 5.92 Å². The molecule has 0 aliphatic rings. The Kier molecular flexibility index (Phi) is 6.07. The Morgan fingerprint density at radius 1 is 1.04 bits per heavy atom. The lowest BCUT2D eigenvalue weighted by Gasteiger charge is -2.17. The van der Waals surface area contributed by atoms with Gasteiger partial charge in [0.25, 0.3) is 11.8 Å². The van der Waals surface area contributed by atoms with E-state index in [1.165, 1.54) is 0 Å². The summed E-state index contributed by atoms with van der Waals surface area (Å²) in [5, 5.41) is 2.81. The zero-order valence-electron chi connectivity index (χ0n) is 14.3. The van der Waals surface area contributed by atoms with Gasteiger partial charge in [-0.1, -0.05) is 50.2 Å². The van der Waals surface area contributed by atoms with E-state index in [9.17, 15) is 9.59 Å². The summed E-state index contributed by atoms with van der Waals surface area (Å²) in [6.07, 6.45) is 0. The summed E-state index contributed by atoms with van der Waals surface area (Å²) in [5.74, 6) is -0.114. The molecule has 1 N–H and O–H groups in total. The number of carbonyl (C=O) groups excluding carboxylic acids is 2. The average Bonchev–Trinajstić information content (AvgIpc) is 2.60. The Hall–Kier alpha value is -2.69. The third-order valence-corrected chi connectivity index (χ3v) is 3.48. The summed E-state index contributed by atoms with van der Waals surface area (Å²) in [4.78, 5) is 30.4. The number of rotatable bonds is 6. The van der Waals surface area contributed by atoms with Crippen LogP contribution in [0.3, 0.4) is 0 Å². The number of carbonyl (C=O) groups is 2. The van der Waals surface area contributed by atoms with Crippen LogP contribution in [-0.2, 0) is 6.54 Å². The quantitative estimate of drug-likeness (QED) is 0.888. The van der Waals surface area contributed by atoms with E-state index in [4.69, 9.17) is 0 Å². The van der Waals surface area contributed by atoms with Gasteiger partial charge < -0.3 is 10.2 Å². The van der Waals surface area contributed by atoms with Gasteiger partial charge in [-0.15, -0.1) is 0 Å². The molecule has 0 fully saturated rings. The number of nitrogens with one attached hydrogen (secondary N) is 1. The van der Waals surface area contributed by atoms with Crippen LogP contribution in [0.1, 0.15) is 40.4 Å². The highest BCUT2D eigenvalue weighted by molar-refractivity contribution is 5.96. The number of amides is 2. The molecule has 1 aromatic heterocycles. The molecule has 2 rings (SSSR count). The fourth-order valence-electron chi connectivity index (χ4n) is 2.19. The first-order valence-corrected chi connectivity index (χ1v) is 8.02. The third kappa shape index (κ3) is 4.91. The molecule has 5 heteroatoms. The molecule has 0 saturated heterocycles. The van der Waals surface area contributed by atoms with Gasteiger partial charge >= 0.3 is 0 Å². The second-order valence-electron chi connectivity index (χ2n) is 6.16. The molecular weight excluding hydrogens is 302 g/mol. The lowest BCUT2D eigenvalue weighted by Crippen LogP contribution is -2.30. The number of pyridine rings is 1. The molecule has 1 aromatic carbocycles. The molecule has 0 unspecified atom stereocenters. The zero-order chi connectivity index (χ0) is 17.5. The van der Waals surface area contributed by atoms with Gasteiger partial charge in [0.15, 0.2) is 0 Å². The summed E-state index contributed by atoms with van der Waals surface area (Å²) in [5.41, 5.74) is 1.57. The minimum Gasteiger partial charge on any atom is -0.350 e. The average molecular weight is 325 g/mol. The molecule has 0 spiro atoms. The summed E-state index contributed by atoms with van der Waals surface area (Å²) in [6.45, 7) is 5.11. The Balaban J connectivity index is 2.06. The smallest absolute Gasteiger partial charge is 0.272 e. The summed E-state index contributed by atoms with van der Waals surface area (Å²) >= 11 is 0. The van der Waals surface area contributed by atoms with E-state index in [1.807, 2.05) is 44.2 Å².